The summed E-state index contributed by atoms with van der Waals surface area (Å²) in [5.41, 5.74) is 2.37. The van der Waals surface area contributed by atoms with Crippen LogP contribution in [0.25, 0.3) is 0 Å². The highest BCUT2D eigenvalue weighted by atomic mass is 16.5. The number of carbonyl (C=O) groups is 1. The van der Waals surface area contributed by atoms with Crippen molar-refractivity contribution in [3.63, 3.8) is 0 Å². The van der Waals surface area contributed by atoms with Crippen LogP contribution in [-0.4, -0.2) is 63.3 Å². The fourth-order valence-electron chi connectivity index (χ4n) is 4.35. The summed E-state index contributed by atoms with van der Waals surface area (Å²) in [4.78, 5) is 17.2. The fraction of sp³-hybridized carbons (Fsp3) is 0.480. The molecular formula is C25H33N3O3. The Balaban J connectivity index is 1.53. The highest BCUT2D eigenvalue weighted by molar-refractivity contribution is 5.79. The topological polar surface area (TPSA) is 54.0 Å². The van der Waals surface area contributed by atoms with E-state index < -0.39 is 0 Å². The van der Waals surface area contributed by atoms with Crippen molar-refractivity contribution in [2.45, 2.75) is 37.8 Å². The molecule has 0 aromatic heterocycles. The number of carbonyl (C=O) groups excluding carboxylic acids is 1. The van der Waals surface area contributed by atoms with E-state index in [2.05, 4.69) is 46.6 Å². The van der Waals surface area contributed by atoms with Crippen LogP contribution in [0.1, 0.15) is 24.8 Å². The summed E-state index contributed by atoms with van der Waals surface area (Å²) >= 11 is 0. The SMILES string of the molecule is CNCC(=O)N1CCN(c2ccc(OC)c(OC3CCC3)c2)C[C@@H]1Cc1ccccc1. The molecule has 0 spiro atoms. The van der Waals surface area contributed by atoms with Gasteiger partial charge in [-0.25, -0.2) is 0 Å². The van der Waals surface area contributed by atoms with Crippen LogP contribution in [0, 0.1) is 0 Å². The van der Waals surface area contributed by atoms with Gasteiger partial charge in [-0.15, -0.1) is 0 Å². The fourth-order valence-corrected chi connectivity index (χ4v) is 4.35. The van der Waals surface area contributed by atoms with Crippen molar-refractivity contribution in [1.29, 1.82) is 0 Å². The number of amides is 1. The first kappa shape index (κ1) is 21.5. The minimum Gasteiger partial charge on any atom is -0.493 e. The lowest BCUT2D eigenvalue weighted by Crippen LogP contribution is -2.57. The standard InChI is InChI=1S/C25H33N3O3/c1-26-17-25(29)28-14-13-27(18-21(28)15-19-7-4-3-5-8-19)20-11-12-23(30-2)24(16-20)31-22-9-6-10-22/h3-5,7-8,11-12,16,21-22,26H,6,9-10,13-15,17-18H2,1-2H3/t21-/m0/s1. The second kappa shape index (κ2) is 10.1. The number of nitrogens with zero attached hydrogens (tertiary/aromatic N) is 2. The summed E-state index contributed by atoms with van der Waals surface area (Å²) in [6.07, 6.45) is 4.59. The van der Waals surface area contributed by atoms with Gasteiger partial charge in [0.1, 0.15) is 0 Å². The first-order valence-electron chi connectivity index (χ1n) is 11.3. The lowest BCUT2D eigenvalue weighted by molar-refractivity contribution is -0.132. The number of methoxy groups -OCH3 is 1. The van der Waals surface area contributed by atoms with Gasteiger partial charge in [0.05, 0.1) is 25.8 Å². The van der Waals surface area contributed by atoms with Gasteiger partial charge in [0, 0.05) is 31.4 Å². The minimum atomic E-state index is 0.120. The quantitative estimate of drug-likeness (QED) is 0.707. The Morgan fingerprint density at radius 1 is 1.10 bits per heavy atom. The summed E-state index contributed by atoms with van der Waals surface area (Å²) in [6, 6.07) is 16.7. The Morgan fingerprint density at radius 3 is 2.58 bits per heavy atom. The van der Waals surface area contributed by atoms with Crippen molar-refractivity contribution >= 4 is 11.6 Å². The van der Waals surface area contributed by atoms with Gasteiger partial charge in [-0.1, -0.05) is 30.3 Å². The second-order valence-electron chi connectivity index (χ2n) is 8.41. The van der Waals surface area contributed by atoms with Crippen LogP contribution in [0.4, 0.5) is 5.69 Å². The number of ether oxygens (including phenoxy) is 2. The Labute approximate surface area is 185 Å². The lowest BCUT2D eigenvalue weighted by atomic mass is 9.96. The summed E-state index contributed by atoms with van der Waals surface area (Å²) in [6.45, 7) is 2.67. The van der Waals surface area contributed by atoms with Crippen LogP contribution in [0.2, 0.25) is 0 Å². The van der Waals surface area contributed by atoms with Gasteiger partial charge in [0.15, 0.2) is 11.5 Å². The molecule has 4 rings (SSSR count). The molecule has 2 aromatic rings. The molecule has 6 heteroatoms. The van der Waals surface area contributed by atoms with Gasteiger partial charge in [0.25, 0.3) is 0 Å². The zero-order valence-electron chi connectivity index (χ0n) is 18.5. The molecule has 0 bridgehead atoms. The molecule has 2 aliphatic rings. The van der Waals surface area contributed by atoms with Crippen LogP contribution in [0.3, 0.4) is 0 Å². The molecule has 1 aliphatic heterocycles. The monoisotopic (exact) mass is 423 g/mol. The molecule has 1 heterocycles. The van der Waals surface area contributed by atoms with E-state index in [1.165, 1.54) is 12.0 Å². The minimum absolute atomic E-state index is 0.120. The van der Waals surface area contributed by atoms with E-state index >= 15 is 0 Å². The van der Waals surface area contributed by atoms with Crippen molar-refractivity contribution in [1.82, 2.24) is 10.2 Å². The predicted octanol–water partition coefficient (Wildman–Crippen LogP) is 3.11. The third-order valence-electron chi connectivity index (χ3n) is 6.30. The van der Waals surface area contributed by atoms with E-state index in [4.69, 9.17) is 9.47 Å². The number of nitrogens with one attached hydrogen (secondary N) is 1. The maximum Gasteiger partial charge on any atom is 0.236 e. The van der Waals surface area contributed by atoms with E-state index in [0.29, 0.717) is 19.2 Å². The number of hydrogen-bond acceptors (Lipinski definition) is 5. The van der Waals surface area contributed by atoms with Gasteiger partial charge in [0.2, 0.25) is 5.91 Å². The molecule has 0 unspecified atom stereocenters. The molecule has 2 fully saturated rings. The summed E-state index contributed by atoms with van der Waals surface area (Å²) < 4.78 is 11.7. The molecule has 166 valence electrons. The first-order valence-corrected chi connectivity index (χ1v) is 11.3. The normalized spacial score (nSPS) is 19.1. The van der Waals surface area contributed by atoms with E-state index in [9.17, 15) is 4.79 Å². The molecule has 1 saturated heterocycles. The first-order chi connectivity index (χ1) is 15.2. The van der Waals surface area contributed by atoms with Crippen LogP contribution in [0.15, 0.2) is 48.5 Å². The highest BCUT2D eigenvalue weighted by Gasteiger charge is 2.31. The van der Waals surface area contributed by atoms with E-state index in [1.54, 1.807) is 7.11 Å². The molecule has 1 aliphatic carbocycles. The summed E-state index contributed by atoms with van der Waals surface area (Å²) in [5, 5.41) is 3.01. The van der Waals surface area contributed by atoms with Crippen LogP contribution < -0.4 is 19.7 Å². The molecule has 1 amide bonds. The molecule has 31 heavy (non-hydrogen) atoms. The number of rotatable bonds is 8. The van der Waals surface area contributed by atoms with Crippen LogP contribution >= 0.6 is 0 Å². The summed E-state index contributed by atoms with van der Waals surface area (Å²) in [5.74, 6) is 1.75. The maximum atomic E-state index is 12.7. The molecule has 2 aromatic carbocycles. The molecule has 6 nitrogen and oxygen atoms in total. The zero-order chi connectivity index (χ0) is 21.6. The third kappa shape index (κ3) is 5.13. The average Bonchev–Trinajstić information content (AvgIpc) is 2.77. The second-order valence-corrected chi connectivity index (χ2v) is 8.41. The van der Waals surface area contributed by atoms with Gasteiger partial charge >= 0.3 is 0 Å². The van der Waals surface area contributed by atoms with Crippen LogP contribution in [0.5, 0.6) is 11.5 Å². The van der Waals surface area contributed by atoms with Gasteiger partial charge in [-0.3, -0.25) is 4.79 Å². The Morgan fingerprint density at radius 2 is 1.90 bits per heavy atom. The largest absolute Gasteiger partial charge is 0.493 e. The maximum absolute atomic E-state index is 12.7. The Kier molecular flexibility index (Phi) is 6.97. The van der Waals surface area contributed by atoms with Crippen molar-refractivity contribution in [2.75, 3.05) is 45.2 Å². The summed E-state index contributed by atoms with van der Waals surface area (Å²) in [7, 11) is 3.51. The number of likely N-dealkylation sites (N-methyl/N-ethyl adjacent to an activating group) is 1. The molecule has 1 saturated carbocycles. The number of piperazine rings is 1. The van der Waals surface area contributed by atoms with E-state index in [0.717, 1.165) is 49.5 Å². The average molecular weight is 424 g/mol. The van der Waals surface area contributed by atoms with E-state index in [1.807, 2.05) is 24.1 Å². The zero-order valence-corrected chi connectivity index (χ0v) is 18.5. The van der Waals surface area contributed by atoms with Gasteiger partial charge < -0.3 is 24.6 Å². The van der Waals surface area contributed by atoms with Crippen molar-refractivity contribution in [3.8, 4) is 11.5 Å². The number of benzene rings is 2. The number of anilines is 1. The smallest absolute Gasteiger partial charge is 0.236 e. The van der Waals surface area contributed by atoms with Crippen LogP contribution in [-0.2, 0) is 11.2 Å². The third-order valence-corrected chi connectivity index (χ3v) is 6.30. The number of hydrogen-bond donors (Lipinski definition) is 1. The Hall–Kier alpha value is -2.73. The molecule has 1 atom stereocenters. The molecule has 1 N–H and O–H groups in total. The molecular weight excluding hydrogens is 390 g/mol. The van der Waals surface area contributed by atoms with Crippen molar-refractivity contribution in [3.05, 3.63) is 54.1 Å². The Bertz CT molecular complexity index is 870. The van der Waals surface area contributed by atoms with Gasteiger partial charge in [-0.2, -0.15) is 0 Å². The van der Waals surface area contributed by atoms with Crippen molar-refractivity contribution < 1.29 is 14.3 Å². The predicted molar refractivity (Wildman–Crippen MR) is 123 cm³/mol. The lowest BCUT2D eigenvalue weighted by Gasteiger charge is -2.43. The van der Waals surface area contributed by atoms with Gasteiger partial charge in [-0.05, 0) is 50.4 Å². The van der Waals surface area contributed by atoms with E-state index in [-0.39, 0.29) is 11.9 Å². The molecule has 0 radical (unpaired) electrons. The van der Waals surface area contributed by atoms with Crippen molar-refractivity contribution in [2.24, 2.45) is 0 Å². The highest BCUT2D eigenvalue weighted by Crippen LogP contribution is 2.36.